The van der Waals surface area contributed by atoms with Crippen LogP contribution in [0.2, 0.25) is 0 Å². The van der Waals surface area contributed by atoms with Crippen LogP contribution in [0.5, 0.6) is 5.75 Å². The highest BCUT2D eigenvalue weighted by Crippen LogP contribution is 2.14. The van der Waals surface area contributed by atoms with Crippen molar-refractivity contribution in [1.82, 2.24) is 15.5 Å². The zero-order chi connectivity index (χ0) is 21.2. The fraction of sp³-hybridized carbons (Fsp3) is 0.292. The Bertz CT molecular complexity index is 938. The van der Waals surface area contributed by atoms with Crippen LogP contribution < -0.4 is 15.4 Å². The first-order valence-electron chi connectivity index (χ1n) is 10.0. The molecule has 0 radical (unpaired) electrons. The van der Waals surface area contributed by atoms with Crippen molar-refractivity contribution in [3.8, 4) is 5.75 Å². The molecule has 1 heterocycles. The Labute approximate surface area is 178 Å². The third-order valence-corrected chi connectivity index (χ3v) is 4.83. The van der Waals surface area contributed by atoms with Crippen molar-refractivity contribution in [2.75, 3.05) is 21.2 Å². The summed E-state index contributed by atoms with van der Waals surface area (Å²) in [5.41, 5.74) is 3.66. The van der Waals surface area contributed by atoms with E-state index in [1.165, 1.54) is 11.1 Å². The first-order chi connectivity index (χ1) is 14.7. The lowest BCUT2D eigenvalue weighted by Gasteiger charge is -2.19. The maximum atomic E-state index is 5.46. The summed E-state index contributed by atoms with van der Waals surface area (Å²) in [6, 6.07) is 20.4. The van der Waals surface area contributed by atoms with Crippen molar-refractivity contribution in [3.05, 3.63) is 89.4 Å². The summed E-state index contributed by atoms with van der Waals surface area (Å²) < 4.78 is 10.7. The third-order valence-electron chi connectivity index (χ3n) is 4.83. The molecule has 0 spiro atoms. The molecule has 2 aromatic carbocycles. The lowest BCUT2D eigenvalue weighted by atomic mass is 10.1. The van der Waals surface area contributed by atoms with Gasteiger partial charge in [0.2, 0.25) is 0 Å². The smallest absolute Gasteiger partial charge is 0.191 e. The average Bonchev–Trinajstić information content (AvgIpc) is 3.28. The van der Waals surface area contributed by atoms with Crippen molar-refractivity contribution in [2.45, 2.75) is 26.2 Å². The predicted octanol–water partition coefficient (Wildman–Crippen LogP) is 3.79. The second kappa shape index (κ2) is 11.1. The predicted molar refractivity (Wildman–Crippen MR) is 120 cm³/mol. The molecule has 0 fully saturated rings. The van der Waals surface area contributed by atoms with E-state index in [9.17, 15) is 0 Å². The van der Waals surface area contributed by atoms with Crippen LogP contribution in [0.1, 0.15) is 22.5 Å². The zero-order valence-corrected chi connectivity index (χ0v) is 17.9. The van der Waals surface area contributed by atoms with Gasteiger partial charge in [-0.3, -0.25) is 9.89 Å². The Balaban J connectivity index is 1.54. The second-order valence-electron chi connectivity index (χ2n) is 7.15. The lowest BCUT2D eigenvalue weighted by molar-refractivity contribution is 0.287. The minimum atomic E-state index is 0.671. The largest absolute Gasteiger partial charge is 0.497 e. The SMILES string of the molecule is CN=C(NCc1cccc(OC)c1)NCc1ccccc1CN(C)Cc1ccco1. The molecule has 1 aromatic heterocycles. The summed E-state index contributed by atoms with van der Waals surface area (Å²) in [5.74, 6) is 2.58. The number of ether oxygens (including phenoxy) is 1. The van der Waals surface area contributed by atoms with Gasteiger partial charge in [-0.1, -0.05) is 36.4 Å². The van der Waals surface area contributed by atoms with Gasteiger partial charge in [-0.25, -0.2) is 0 Å². The van der Waals surface area contributed by atoms with Gasteiger partial charge in [0.1, 0.15) is 11.5 Å². The summed E-state index contributed by atoms with van der Waals surface area (Å²) in [6.07, 6.45) is 1.71. The van der Waals surface area contributed by atoms with Gasteiger partial charge in [-0.05, 0) is 48.0 Å². The van der Waals surface area contributed by atoms with Gasteiger partial charge in [0.05, 0.1) is 19.9 Å². The molecule has 30 heavy (non-hydrogen) atoms. The Hall–Kier alpha value is -3.25. The number of guanidine groups is 1. The molecule has 158 valence electrons. The molecule has 3 rings (SSSR count). The quantitative estimate of drug-likeness (QED) is 0.418. The zero-order valence-electron chi connectivity index (χ0n) is 17.9. The van der Waals surface area contributed by atoms with Gasteiger partial charge in [0.15, 0.2) is 5.96 Å². The molecule has 2 N–H and O–H groups in total. The van der Waals surface area contributed by atoms with Gasteiger partial charge >= 0.3 is 0 Å². The number of aliphatic imine (C=N–C) groups is 1. The number of methoxy groups -OCH3 is 1. The van der Waals surface area contributed by atoms with E-state index >= 15 is 0 Å². The highest BCUT2D eigenvalue weighted by molar-refractivity contribution is 5.79. The number of hydrogen-bond donors (Lipinski definition) is 2. The highest BCUT2D eigenvalue weighted by Gasteiger charge is 2.08. The van der Waals surface area contributed by atoms with Gasteiger partial charge in [-0.2, -0.15) is 0 Å². The molecule has 0 saturated heterocycles. The number of furan rings is 1. The van der Waals surface area contributed by atoms with Crippen LogP contribution in [0, 0.1) is 0 Å². The monoisotopic (exact) mass is 406 g/mol. The first-order valence-corrected chi connectivity index (χ1v) is 10.0. The number of benzene rings is 2. The normalized spacial score (nSPS) is 11.5. The van der Waals surface area contributed by atoms with Gasteiger partial charge in [0.25, 0.3) is 0 Å². The number of rotatable bonds is 9. The van der Waals surface area contributed by atoms with Crippen molar-refractivity contribution in [3.63, 3.8) is 0 Å². The summed E-state index contributed by atoms with van der Waals surface area (Å²) in [5, 5.41) is 6.77. The van der Waals surface area contributed by atoms with E-state index in [-0.39, 0.29) is 0 Å². The topological polar surface area (TPSA) is 62.0 Å². The fourth-order valence-corrected chi connectivity index (χ4v) is 3.27. The summed E-state index contributed by atoms with van der Waals surface area (Å²) >= 11 is 0. The average molecular weight is 407 g/mol. The van der Waals surface area contributed by atoms with Crippen molar-refractivity contribution >= 4 is 5.96 Å². The molecule has 6 nitrogen and oxygen atoms in total. The van der Waals surface area contributed by atoms with E-state index in [1.807, 2.05) is 30.3 Å². The van der Waals surface area contributed by atoms with Gasteiger partial charge in [-0.15, -0.1) is 0 Å². The number of nitrogens with one attached hydrogen (secondary N) is 2. The summed E-state index contributed by atoms with van der Waals surface area (Å²) in [4.78, 5) is 6.59. The Kier molecular flexibility index (Phi) is 7.92. The van der Waals surface area contributed by atoms with Gasteiger partial charge < -0.3 is 19.8 Å². The Morgan fingerprint density at radius 2 is 1.77 bits per heavy atom. The maximum Gasteiger partial charge on any atom is 0.191 e. The van der Waals surface area contributed by atoms with Crippen molar-refractivity contribution in [1.29, 1.82) is 0 Å². The minimum Gasteiger partial charge on any atom is -0.497 e. The molecular weight excluding hydrogens is 376 g/mol. The van der Waals surface area contributed by atoms with E-state index in [2.05, 4.69) is 57.9 Å². The summed E-state index contributed by atoms with van der Waals surface area (Å²) in [7, 11) is 5.56. The lowest BCUT2D eigenvalue weighted by Crippen LogP contribution is -2.36. The van der Waals surface area contributed by atoms with Crippen molar-refractivity contribution in [2.24, 2.45) is 4.99 Å². The molecule has 6 heteroatoms. The van der Waals surface area contributed by atoms with Crippen LogP contribution in [-0.2, 0) is 26.2 Å². The van der Waals surface area contributed by atoms with Crippen LogP contribution in [0.3, 0.4) is 0 Å². The van der Waals surface area contributed by atoms with Gasteiger partial charge in [0, 0.05) is 26.7 Å². The van der Waals surface area contributed by atoms with E-state index < -0.39 is 0 Å². The third kappa shape index (κ3) is 6.39. The van der Waals surface area contributed by atoms with Crippen LogP contribution in [0.15, 0.2) is 76.3 Å². The fourth-order valence-electron chi connectivity index (χ4n) is 3.27. The van der Waals surface area contributed by atoms with Crippen LogP contribution >= 0.6 is 0 Å². The molecule has 0 aliphatic carbocycles. The van der Waals surface area contributed by atoms with Crippen LogP contribution in [0.25, 0.3) is 0 Å². The second-order valence-corrected chi connectivity index (χ2v) is 7.15. The molecule has 0 amide bonds. The summed E-state index contributed by atoms with van der Waals surface area (Å²) in [6.45, 7) is 2.99. The Morgan fingerprint density at radius 3 is 2.50 bits per heavy atom. The Morgan fingerprint density at radius 1 is 0.967 bits per heavy atom. The van der Waals surface area contributed by atoms with Crippen LogP contribution in [0.4, 0.5) is 0 Å². The molecule has 0 unspecified atom stereocenters. The number of nitrogens with zero attached hydrogens (tertiary/aromatic N) is 2. The highest BCUT2D eigenvalue weighted by atomic mass is 16.5. The van der Waals surface area contributed by atoms with E-state index in [0.717, 1.165) is 36.1 Å². The standard InChI is InChI=1S/C24H30N4O2/c1-25-24(26-15-19-8-6-11-22(14-19)29-3)27-16-20-9-4-5-10-21(20)17-28(2)18-23-12-7-13-30-23/h4-14H,15-18H2,1-3H3,(H2,25,26,27). The molecule has 0 saturated carbocycles. The molecule has 0 aliphatic heterocycles. The van der Waals surface area contributed by atoms with E-state index in [1.54, 1.807) is 20.4 Å². The molecular formula is C24H30N4O2. The van der Waals surface area contributed by atoms with Crippen LogP contribution in [-0.4, -0.2) is 32.1 Å². The molecule has 0 bridgehead atoms. The maximum absolute atomic E-state index is 5.46. The minimum absolute atomic E-state index is 0.671. The first kappa shape index (κ1) is 21.5. The number of hydrogen-bond acceptors (Lipinski definition) is 4. The molecule has 3 aromatic rings. The molecule has 0 atom stereocenters. The van der Waals surface area contributed by atoms with E-state index in [0.29, 0.717) is 13.1 Å². The van der Waals surface area contributed by atoms with Crippen molar-refractivity contribution < 1.29 is 9.15 Å². The van der Waals surface area contributed by atoms with E-state index in [4.69, 9.17) is 9.15 Å². The molecule has 0 aliphatic rings.